The van der Waals surface area contributed by atoms with Crippen molar-refractivity contribution >= 4 is 11.5 Å². The first kappa shape index (κ1) is 10.3. The SMILES string of the molecule is COc1cc(C(N)C(F)(F)F)sn1. The summed E-state index contributed by atoms with van der Waals surface area (Å²) in [7, 11) is 1.33. The molecular weight excluding hydrogens is 205 g/mol. The van der Waals surface area contributed by atoms with Crippen LogP contribution in [0.3, 0.4) is 0 Å². The number of ether oxygens (including phenoxy) is 1. The molecule has 1 aromatic heterocycles. The van der Waals surface area contributed by atoms with Gasteiger partial charge >= 0.3 is 6.18 Å². The Balaban J connectivity index is 2.83. The lowest BCUT2D eigenvalue weighted by molar-refractivity contribution is -0.148. The smallest absolute Gasteiger partial charge is 0.408 e. The summed E-state index contributed by atoms with van der Waals surface area (Å²) in [5.41, 5.74) is 4.93. The third kappa shape index (κ3) is 2.31. The zero-order chi connectivity index (χ0) is 10.1. The second kappa shape index (κ2) is 3.51. The summed E-state index contributed by atoms with van der Waals surface area (Å²) < 4.78 is 44.4. The number of aromatic nitrogens is 1. The molecule has 2 N–H and O–H groups in total. The summed E-state index contributed by atoms with van der Waals surface area (Å²) in [5.74, 6) is 0.153. The lowest BCUT2D eigenvalue weighted by atomic mass is 10.2. The van der Waals surface area contributed by atoms with Crippen molar-refractivity contribution in [3.8, 4) is 5.88 Å². The van der Waals surface area contributed by atoms with Gasteiger partial charge in [0.15, 0.2) is 0 Å². The third-order valence-corrected chi connectivity index (χ3v) is 2.23. The van der Waals surface area contributed by atoms with Crippen molar-refractivity contribution < 1.29 is 17.9 Å². The minimum Gasteiger partial charge on any atom is -0.480 e. The van der Waals surface area contributed by atoms with Gasteiger partial charge in [0.1, 0.15) is 6.04 Å². The number of rotatable bonds is 2. The topological polar surface area (TPSA) is 48.1 Å². The predicted octanol–water partition coefficient (Wildman–Crippen LogP) is 1.71. The van der Waals surface area contributed by atoms with Gasteiger partial charge in [0.25, 0.3) is 0 Å². The standard InChI is InChI=1S/C6H7F3N2OS/c1-12-4-2-3(13-11-4)5(10)6(7,8)9/h2,5H,10H2,1H3. The lowest BCUT2D eigenvalue weighted by Crippen LogP contribution is -2.27. The van der Waals surface area contributed by atoms with Gasteiger partial charge in [-0.25, -0.2) is 0 Å². The van der Waals surface area contributed by atoms with Gasteiger partial charge in [-0.2, -0.15) is 17.5 Å². The molecule has 0 aromatic carbocycles. The van der Waals surface area contributed by atoms with E-state index in [1.54, 1.807) is 0 Å². The fraction of sp³-hybridized carbons (Fsp3) is 0.500. The Kier molecular flexibility index (Phi) is 2.77. The van der Waals surface area contributed by atoms with E-state index < -0.39 is 12.2 Å². The average Bonchev–Trinajstić information content (AvgIpc) is 2.48. The molecule has 1 aromatic rings. The van der Waals surface area contributed by atoms with Crippen molar-refractivity contribution in [1.29, 1.82) is 0 Å². The minimum atomic E-state index is -4.43. The molecule has 1 rings (SSSR count). The molecule has 0 radical (unpaired) electrons. The van der Waals surface area contributed by atoms with Crippen LogP contribution in [0.2, 0.25) is 0 Å². The molecule has 0 spiro atoms. The van der Waals surface area contributed by atoms with Crippen molar-refractivity contribution in [2.75, 3.05) is 7.11 Å². The van der Waals surface area contributed by atoms with E-state index in [0.717, 1.165) is 0 Å². The van der Waals surface area contributed by atoms with Gasteiger partial charge in [-0.3, -0.25) is 0 Å². The first-order chi connectivity index (χ1) is 5.95. The Hall–Kier alpha value is -0.820. The van der Waals surface area contributed by atoms with Gasteiger partial charge < -0.3 is 10.5 Å². The Morgan fingerprint density at radius 2 is 2.23 bits per heavy atom. The summed E-state index contributed by atoms with van der Waals surface area (Å²) >= 11 is 0.689. The van der Waals surface area contributed by atoms with E-state index >= 15 is 0 Å². The third-order valence-electron chi connectivity index (χ3n) is 1.38. The predicted molar refractivity (Wildman–Crippen MR) is 41.6 cm³/mol. The molecule has 3 nitrogen and oxygen atoms in total. The molecule has 0 saturated carbocycles. The Bertz CT molecular complexity index is 286. The highest BCUT2D eigenvalue weighted by Crippen LogP contribution is 2.33. The van der Waals surface area contributed by atoms with Gasteiger partial charge in [0.2, 0.25) is 5.88 Å². The van der Waals surface area contributed by atoms with Crippen molar-refractivity contribution in [3.63, 3.8) is 0 Å². The fourth-order valence-electron chi connectivity index (χ4n) is 0.676. The molecule has 13 heavy (non-hydrogen) atoms. The van der Waals surface area contributed by atoms with Gasteiger partial charge in [-0.05, 0) is 11.5 Å². The van der Waals surface area contributed by atoms with Crippen LogP contribution in [0.25, 0.3) is 0 Å². The average molecular weight is 212 g/mol. The summed E-state index contributed by atoms with van der Waals surface area (Å²) in [6, 6.07) is -0.795. The van der Waals surface area contributed by atoms with E-state index in [0.29, 0.717) is 11.5 Å². The van der Waals surface area contributed by atoms with E-state index in [9.17, 15) is 13.2 Å². The van der Waals surface area contributed by atoms with Crippen LogP contribution in [0.15, 0.2) is 6.07 Å². The van der Waals surface area contributed by atoms with Gasteiger partial charge in [-0.15, -0.1) is 0 Å². The Morgan fingerprint density at radius 3 is 2.62 bits per heavy atom. The molecule has 74 valence electrons. The molecule has 1 heterocycles. The Labute approximate surface area is 76.5 Å². The molecular formula is C6H7F3N2OS. The highest BCUT2D eigenvalue weighted by atomic mass is 32.1. The Morgan fingerprint density at radius 1 is 1.62 bits per heavy atom. The van der Waals surface area contributed by atoms with Crippen molar-refractivity contribution in [2.45, 2.75) is 12.2 Å². The number of nitrogens with zero attached hydrogens (tertiary/aromatic N) is 1. The lowest BCUT2D eigenvalue weighted by Gasteiger charge is -2.12. The minimum absolute atomic E-state index is 0.0515. The molecule has 1 unspecified atom stereocenters. The zero-order valence-electron chi connectivity index (χ0n) is 6.63. The summed E-state index contributed by atoms with van der Waals surface area (Å²) in [6.45, 7) is 0. The van der Waals surface area contributed by atoms with Gasteiger partial charge in [-0.1, -0.05) is 0 Å². The number of nitrogens with two attached hydrogens (primary N) is 1. The monoisotopic (exact) mass is 212 g/mol. The van der Waals surface area contributed by atoms with E-state index in [-0.39, 0.29) is 10.8 Å². The van der Waals surface area contributed by atoms with Crippen LogP contribution in [0.5, 0.6) is 5.88 Å². The molecule has 0 aliphatic rings. The van der Waals surface area contributed by atoms with Gasteiger partial charge in [0, 0.05) is 6.07 Å². The fourth-order valence-corrected chi connectivity index (χ4v) is 1.40. The van der Waals surface area contributed by atoms with Gasteiger partial charge in [0.05, 0.1) is 12.0 Å². The van der Waals surface area contributed by atoms with E-state index in [4.69, 9.17) is 5.73 Å². The van der Waals surface area contributed by atoms with Crippen molar-refractivity contribution in [1.82, 2.24) is 4.37 Å². The van der Waals surface area contributed by atoms with E-state index in [2.05, 4.69) is 9.11 Å². The summed E-state index contributed by atoms with van der Waals surface area (Å²) in [5, 5.41) is 0. The van der Waals surface area contributed by atoms with Crippen LogP contribution in [0, 0.1) is 0 Å². The maximum Gasteiger partial charge on any atom is 0.408 e. The van der Waals surface area contributed by atoms with E-state index in [1.807, 2.05) is 0 Å². The van der Waals surface area contributed by atoms with Crippen LogP contribution < -0.4 is 10.5 Å². The maximum atomic E-state index is 12.1. The maximum absolute atomic E-state index is 12.1. The molecule has 7 heteroatoms. The molecule has 0 fully saturated rings. The molecule has 0 saturated heterocycles. The van der Waals surface area contributed by atoms with Crippen LogP contribution >= 0.6 is 11.5 Å². The van der Waals surface area contributed by atoms with Crippen LogP contribution in [0.1, 0.15) is 10.9 Å². The van der Waals surface area contributed by atoms with E-state index in [1.165, 1.54) is 13.2 Å². The molecule has 0 aliphatic carbocycles. The van der Waals surface area contributed by atoms with Crippen LogP contribution in [-0.4, -0.2) is 17.7 Å². The molecule has 0 aliphatic heterocycles. The highest BCUT2D eigenvalue weighted by molar-refractivity contribution is 7.06. The summed E-state index contributed by atoms with van der Waals surface area (Å²) in [6.07, 6.45) is -4.43. The first-order valence-corrected chi connectivity index (χ1v) is 4.05. The quantitative estimate of drug-likeness (QED) is 0.811. The first-order valence-electron chi connectivity index (χ1n) is 3.28. The zero-order valence-corrected chi connectivity index (χ0v) is 7.45. The molecule has 1 atom stereocenters. The normalized spacial score (nSPS) is 14.2. The second-order valence-electron chi connectivity index (χ2n) is 2.29. The second-order valence-corrected chi connectivity index (χ2v) is 3.13. The number of methoxy groups -OCH3 is 1. The van der Waals surface area contributed by atoms with Crippen molar-refractivity contribution in [3.05, 3.63) is 10.9 Å². The number of alkyl halides is 3. The summed E-state index contributed by atoms with van der Waals surface area (Å²) in [4.78, 5) is -0.0515. The largest absolute Gasteiger partial charge is 0.480 e. The number of halogens is 3. The number of hydrogen-bond donors (Lipinski definition) is 1. The molecule has 0 bridgehead atoms. The van der Waals surface area contributed by atoms with Crippen LogP contribution in [-0.2, 0) is 0 Å². The van der Waals surface area contributed by atoms with Crippen molar-refractivity contribution in [2.24, 2.45) is 5.73 Å². The van der Waals surface area contributed by atoms with Crippen LogP contribution in [0.4, 0.5) is 13.2 Å². The highest BCUT2D eigenvalue weighted by Gasteiger charge is 2.39. The number of hydrogen-bond acceptors (Lipinski definition) is 4. The molecule has 0 amide bonds.